The van der Waals surface area contributed by atoms with Gasteiger partial charge in [-0.25, -0.2) is 0 Å². The zero-order chi connectivity index (χ0) is 11.8. The predicted molar refractivity (Wildman–Crippen MR) is 72.4 cm³/mol. The van der Waals surface area contributed by atoms with Crippen LogP contribution in [-0.4, -0.2) is 25.1 Å². The van der Waals surface area contributed by atoms with Crippen LogP contribution in [-0.2, 0) is 0 Å². The highest BCUT2D eigenvalue weighted by Crippen LogP contribution is 2.17. The lowest BCUT2D eigenvalue weighted by atomic mass is 10.3. The summed E-state index contributed by atoms with van der Waals surface area (Å²) in [5.41, 5.74) is 0. The number of rotatable bonds is 7. The fourth-order valence-corrected chi connectivity index (χ4v) is 1.71. The molecule has 0 aliphatic carbocycles. The monoisotopic (exact) mass is 305 g/mol. The molecule has 4 heteroatoms. The van der Waals surface area contributed by atoms with Crippen LogP contribution in [0.5, 0.6) is 5.75 Å². The topological polar surface area (TPSA) is 21.3 Å². The van der Waals surface area contributed by atoms with Crippen LogP contribution in [0.15, 0.2) is 28.7 Å². The second-order valence-electron chi connectivity index (χ2n) is 3.63. The van der Waals surface area contributed by atoms with Crippen molar-refractivity contribution in [1.29, 1.82) is 0 Å². The summed E-state index contributed by atoms with van der Waals surface area (Å²) in [5, 5.41) is 3.52. The van der Waals surface area contributed by atoms with Crippen LogP contribution in [0, 0.1) is 0 Å². The molecule has 0 saturated carbocycles. The maximum Gasteiger partial charge on any atom is 0.120 e. The molecule has 0 amide bonds. The molecule has 1 aromatic rings. The van der Waals surface area contributed by atoms with Crippen LogP contribution in [0.25, 0.3) is 0 Å². The lowest BCUT2D eigenvalue weighted by Crippen LogP contribution is -2.23. The number of halogens is 2. The highest BCUT2D eigenvalue weighted by Gasteiger charge is 1.96. The molecular formula is C12H17BrClNO. The van der Waals surface area contributed by atoms with Gasteiger partial charge in [-0.2, -0.15) is 0 Å². The Morgan fingerprint density at radius 2 is 2.25 bits per heavy atom. The molecule has 16 heavy (non-hydrogen) atoms. The van der Waals surface area contributed by atoms with E-state index in [-0.39, 0.29) is 5.38 Å². The number of alkyl halides is 1. The van der Waals surface area contributed by atoms with E-state index in [0.717, 1.165) is 29.7 Å². The molecule has 0 aromatic heterocycles. The van der Waals surface area contributed by atoms with Crippen LogP contribution < -0.4 is 10.1 Å². The van der Waals surface area contributed by atoms with Gasteiger partial charge in [-0.3, -0.25) is 0 Å². The van der Waals surface area contributed by atoms with Gasteiger partial charge in [-0.05, 0) is 38.1 Å². The Morgan fingerprint density at radius 1 is 1.44 bits per heavy atom. The number of hydrogen-bond acceptors (Lipinski definition) is 2. The van der Waals surface area contributed by atoms with Crippen molar-refractivity contribution < 1.29 is 4.74 Å². The molecule has 0 aliphatic heterocycles. The van der Waals surface area contributed by atoms with Gasteiger partial charge in [0.2, 0.25) is 0 Å². The highest BCUT2D eigenvalue weighted by molar-refractivity contribution is 9.10. The summed E-state index contributed by atoms with van der Waals surface area (Å²) in [5.74, 6) is 0.891. The molecule has 0 bridgehead atoms. The second kappa shape index (κ2) is 7.93. The highest BCUT2D eigenvalue weighted by atomic mass is 79.9. The smallest absolute Gasteiger partial charge is 0.120 e. The minimum atomic E-state index is 0.235. The fraction of sp³-hybridized carbons (Fsp3) is 0.500. The quantitative estimate of drug-likeness (QED) is 0.615. The van der Waals surface area contributed by atoms with Crippen molar-refractivity contribution in [2.45, 2.75) is 18.7 Å². The summed E-state index contributed by atoms with van der Waals surface area (Å²) in [4.78, 5) is 0. The summed E-state index contributed by atoms with van der Waals surface area (Å²) < 4.78 is 6.60. The van der Waals surface area contributed by atoms with Gasteiger partial charge in [-0.15, -0.1) is 11.6 Å². The number of nitrogens with one attached hydrogen (secondary N) is 1. The van der Waals surface area contributed by atoms with Gasteiger partial charge < -0.3 is 10.1 Å². The molecule has 0 spiro atoms. The summed E-state index contributed by atoms with van der Waals surface area (Å²) >= 11 is 9.23. The predicted octanol–water partition coefficient (Wildman–Crippen LogP) is 3.43. The summed E-state index contributed by atoms with van der Waals surface area (Å²) in [7, 11) is 0. The van der Waals surface area contributed by atoms with Gasteiger partial charge in [0.1, 0.15) is 12.4 Å². The van der Waals surface area contributed by atoms with Crippen LogP contribution in [0.3, 0.4) is 0 Å². The van der Waals surface area contributed by atoms with Gasteiger partial charge >= 0.3 is 0 Å². The zero-order valence-corrected chi connectivity index (χ0v) is 11.7. The molecule has 0 radical (unpaired) electrons. The molecule has 1 aromatic carbocycles. The van der Waals surface area contributed by atoms with Gasteiger partial charge in [-0.1, -0.05) is 22.0 Å². The van der Waals surface area contributed by atoms with E-state index in [1.165, 1.54) is 0 Å². The van der Waals surface area contributed by atoms with Crippen molar-refractivity contribution in [3.63, 3.8) is 0 Å². The molecule has 90 valence electrons. The van der Waals surface area contributed by atoms with E-state index in [1.54, 1.807) is 0 Å². The molecule has 0 aliphatic rings. The molecule has 1 atom stereocenters. The Balaban J connectivity index is 2.07. The third-order valence-corrected chi connectivity index (χ3v) is 2.77. The largest absolute Gasteiger partial charge is 0.492 e. The molecule has 0 fully saturated rings. The minimum Gasteiger partial charge on any atom is -0.492 e. The van der Waals surface area contributed by atoms with Gasteiger partial charge in [0.05, 0.1) is 0 Å². The van der Waals surface area contributed by atoms with E-state index in [2.05, 4.69) is 21.2 Å². The Kier molecular flexibility index (Phi) is 6.85. The van der Waals surface area contributed by atoms with Crippen LogP contribution >= 0.6 is 27.5 Å². The summed E-state index contributed by atoms with van der Waals surface area (Å²) in [6.45, 7) is 4.46. The minimum absolute atomic E-state index is 0.235. The maximum atomic E-state index is 5.83. The van der Waals surface area contributed by atoms with E-state index in [1.807, 2.05) is 31.2 Å². The first-order valence-corrected chi connectivity index (χ1v) is 6.64. The van der Waals surface area contributed by atoms with Crippen molar-refractivity contribution >= 4 is 27.5 Å². The van der Waals surface area contributed by atoms with E-state index < -0.39 is 0 Å². The Bertz CT molecular complexity index is 307. The molecule has 1 unspecified atom stereocenters. The standard InChI is InChI=1S/C12H17BrClNO/c1-10(14)5-6-15-7-8-16-12-4-2-3-11(13)9-12/h2-4,9-10,15H,5-8H2,1H3. The van der Waals surface area contributed by atoms with E-state index in [9.17, 15) is 0 Å². The third-order valence-electron chi connectivity index (χ3n) is 2.06. The number of ether oxygens (including phenoxy) is 1. The molecule has 1 rings (SSSR count). The molecule has 2 nitrogen and oxygen atoms in total. The lowest BCUT2D eigenvalue weighted by Gasteiger charge is -2.08. The van der Waals surface area contributed by atoms with Crippen LogP contribution in [0.1, 0.15) is 13.3 Å². The lowest BCUT2D eigenvalue weighted by molar-refractivity contribution is 0.313. The fourth-order valence-electron chi connectivity index (χ4n) is 1.22. The Hall–Kier alpha value is -0.250. The Morgan fingerprint density at radius 3 is 2.94 bits per heavy atom. The van der Waals surface area contributed by atoms with Gasteiger partial charge in [0.15, 0.2) is 0 Å². The van der Waals surface area contributed by atoms with Crippen molar-refractivity contribution in [1.82, 2.24) is 5.32 Å². The van der Waals surface area contributed by atoms with Gasteiger partial charge in [0.25, 0.3) is 0 Å². The van der Waals surface area contributed by atoms with Crippen molar-refractivity contribution in [2.24, 2.45) is 0 Å². The SMILES string of the molecule is CC(Cl)CCNCCOc1cccc(Br)c1. The van der Waals surface area contributed by atoms with Crippen molar-refractivity contribution in [3.05, 3.63) is 28.7 Å². The molecule has 0 saturated heterocycles. The summed E-state index contributed by atoms with van der Waals surface area (Å²) in [6.07, 6.45) is 0.985. The number of hydrogen-bond donors (Lipinski definition) is 1. The van der Waals surface area contributed by atoms with Crippen LogP contribution in [0.4, 0.5) is 0 Å². The van der Waals surface area contributed by atoms with E-state index >= 15 is 0 Å². The zero-order valence-electron chi connectivity index (χ0n) is 9.38. The molecule has 0 heterocycles. The van der Waals surface area contributed by atoms with Gasteiger partial charge in [0, 0.05) is 16.4 Å². The van der Waals surface area contributed by atoms with Crippen molar-refractivity contribution in [2.75, 3.05) is 19.7 Å². The maximum absolute atomic E-state index is 5.83. The molecular weight excluding hydrogens is 289 g/mol. The summed E-state index contributed by atoms with van der Waals surface area (Å²) in [6, 6.07) is 7.85. The number of benzene rings is 1. The average molecular weight is 307 g/mol. The Labute approximate surface area is 110 Å². The second-order valence-corrected chi connectivity index (χ2v) is 5.29. The van der Waals surface area contributed by atoms with Crippen LogP contribution in [0.2, 0.25) is 0 Å². The van der Waals surface area contributed by atoms with Crippen molar-refractivity contribution in [3.8, 4) is 5.75 Å². The van der Waals surface area contributed by atoms with E-state index in [0.29, 0.717) is 6.61 Å². The first kappa shape index (κ1) is 13.8. The normalized spacial score (nSPS) is 12.4. The first-order valence-electron chi connectivity index (χ1n) is 5.41. The first-order chi connectivity index (χ1) is 7.68. The average Bonchev–Trinajstić information content (AvgIpc) is 2.23. The molecule has 1 N–H and O–H groups in total. The van der Waals surface area contributed by atoms with E-state index in [4.69, 9.17) is 16.3 Å². The third kappa shape index (κ3) is 6.36.